The third-order valence-corrected chi connectivity index (χ3v) is 3.36. The highest BCUT2D eigenvalue weighted by molar-refractivity contribution is 7.09. The molecule has 0 aliphatic carbocycles. The van der Waals surface area contributed by atoms with E-state index in [-0.39, 0.29) is 0 Å². The van der Waals surface area contributed by atoms with Crippen molar-refractivity contribution in [2.24, 2.45) is 5.92 Å². The fraction of sp³-hybridized carbons (Fsp3) is 0.583. The van der Waals surface area contributed by atoms with Crippen LogP contribution in [-0.2, 0) is 13.1 Å². The van der Waals surface area contributed by atoms with Crippen LogP contribution in [0.1, 0.15) is 30.2 Å². The summed E-state index contributed by atoms with van der Waals surface area (Å²) in [7, 11) is 0. The van der Waals surface area contributed by atoms with Crippen LogP contribution in [0.3, 0.4) is 0 Å². The maximum absolute atomic E-state index is 4.41. The molecule has 0 saturated heterocycles. The molecule has 98 valence electrons. The van der Waals surface area contributed by atoms with E-state index in [4.69, 9.17) is 0 Å². The van der Waals surface area contributed by atoms with E-state index in [0.29, 0.717) is 12.5 Å². The Kier molecular flexibility index (Phi) is 4.43. The summed E-state index contributed by atoms with van der Waals surface area (Å²) in [5.41, 5.74) is 2.04. The minimum absolute atomic E-state index is 0.651. The maximum Gasteiger partial charge on any atom is 0.114 e. The van der Waals surface area contributed by atoms with Gasteiger partial charge in [-0.1, -0.05) is 19.1 Å². The molecular weight excluding hydrogens is 246 g/mol. The molecule has 0 aromatic carbocycles. The van der Waals surface area contributed by atoms with E-state index >= 15 is 0 Å². The normalized spacial score (nSPS) is 11.3. The van der Waals surface area contributed by atoms with Crippen molar-refractivity contribution in [1.29, 1.82) is 0 Å². The number of nitrogens with zero attached hydrogens (tertiary/aromatic N) is 4. The Morgan fingerprint density at radius 1 is 1.44 bits per heavy atom. The molecule has 0 fully saturated rings. The van der Waals surface area contributed by atoms with Gasteiger partial charge in [0, 0.05) is 17.6 Å². The smallest absolute Gasteiger partial charge is 0.114 e. The second kappa shape index (κ2) is 6.06. The van der Waals surface area contributed by atoms with Crippen molar-refractivity contribution in [2.45, 2.75) is 33.9 Å². The van der Waals surface area contributed by atoms with Gasteiger partial charge < -0.3 is 5.32 Å². The Bertz CT molecular complexity index is 488. The summed E-state index contributed by atoms with van der Waals surface area (Å²) in [6.45, 7) is 8.86. The summed E-state index contributed by atoms with van der Waals surface area (Å²) in [6.07, 6.45) is 1.98. The first-order chi connectivity index (χ1) is 8.63. The molecule has 0 aliphatic rings. The predicted molar refractivity (Wildman–Crippen MR) is 72.5 cm³/mol. The van der Waals surface area contributed by atoms with Gasteiger partial charge >= 0.3 is 0 Å². The highest BCUT2D eigenvalue weighted by Crippen LogP contribution is 2.09. The number of rotatable bonds is 6. The molecule has 5 nitrogen and oxygen atoms in total. The van der Waals surface area contributed by atoms with Crippen molar-refractivity contribution in [2.75, 3.05) is 6.54 Å². The molecule has 0 spiro atoms. The Balaban J connectivity index is 1.86. The maximum atomic E-state index is 4.41. The Labute approximate surface area is 111 Å². The largest absolute Gasteiger partial charge is 0.311 e. The van der Waals surface area contributed by atoms with Crippen LogP contribution in [0.4, 0.5) is 0 Å². The molecule has 18 heavy (non-hydrogen) atoms. The molecule has 2 aromatic heterocycles. The molecule has 0 bridgehead atoms. The molecule has 0 aliphatic heterocycles. The van der Waals surface area contributed by atoms with E-state index < -0.39 is 0 Å². The van der Waals surface area contributed by atoms with Crippen LogP contribution >= 0.6 is 11.3 Å². The van der Waals surface area contributed by atoms with Gasteiger partial charge in [0.05, 0.1) is 18.4 Å². The summed E-state index contributed by atoms with van der Waals surface area (Å²) in [5.74, 6) is 0.651. The van der Waals surface area contributed by atoms with Crippen molar-refractivity contribution in [3.8, 4) is 0 Å². The highest BCUT2D eigenvalue weighted by Gasteiger charge is 2.04. The van der Waals surface area contributed by atoms with Gasteiger partial charge in [0.1, 0.15) is 5.01 Å². The van der Waals surface area contributed by atoms with Gasteiger partial charge in [-0.25, -0.2) is 9.67 Å². The van der Waals surface area contributed by atoms with Gasteiger partial charge in [-0.2, -0.15) is 0 Å². The van der Waals surface area contributed by atoms with Gasteiger partial charge in [-0.3, -0.25) is 0 Å². The number of nitrogens with one attached hydrogen (secondary N) is 1. The van der Waals surface area contributed by atoms with Crippen molar-refractivity contribution in [3.05, 3.63) is 28.0 Å². The van der Waals surface area contributed by atoms with Crippen LogP contribution in [0.15, 0.2) is 11.6 Å². The first-order valence-electron chi connectivity index (χ1n) is 6.14. The monoisotopic (exact) mass is 265 g/mol. The van der Waals surface area contributed by atoms with Gasteiger partial charge in [-0.15, -0.1) is 16.4 Å². The van der Waals surface area contributed by atoms with Crippen LogP contribution < -0.4 is 5.32 Å². The standard InChI is InChI=1S/C12H19N5S/c1-9(2)4-13-5-11-6-17(16-15-11)7-12-14-10(3)8-18-12/h6,8-9,13H,4-5,7H2,1-3H3. The van der Waals surface area contributed by atoms with Gasteiger partial charge in [0.2, 0.25) is 0 Å². The fourth-order valence-corrected chi connectivity index (χ4v) is 2.36. The zero-order valence-electron chi connectivity index (χ0n) is 11.1. The molecule has 0 saturated carbocycles. The molecular formula is C12H19N5S. The minimum atomic E-state index is 0.651. The second-order valence-electron chi connectivity index (χ2n) is 4.81. The summed E-state index contributed by atoms with van der Waals surface area (Å²) in [5, 5.41) is 14.7. The molecule has 0 radical (unpaired) electrons. The lowest BCUT2D eigenvalue weighted by Crippen LogP contribution is -2.19. The lowest BCUT2D eigenvalue weighted by Gasteiger charge is -2.04. The predicted octanol–water partition coefficient (Wildman–Crippen LogP) is 1.84. The minimum Gasteiger partial charge on any atom is -0.311 e. The van der Waals surface area contributed by atoms with Crippen molar-refractivity contribution in [3.63, 3.8) is 0 Å². The van der Waals surface area contributed by atoms with Crippen molar-refractivity contribution in [1.82, 2.24) is 25.3 Å². The number of hydrogen-bond donors (Lipinski definition) is 1. The van der Waals surface area contributed by atoms with Crippen LogP contribution in [0.2, 0.25) is 0 Å². The van der Waals surface area contributed by atoms with Crippen molar-refractivity contribution >= 4 is 11.3 Å². The van der Waals surface area contributed by atoms with E-state index in [1.807, 2.05) is 17.8 Å². The molecule has 1 N–H and O–H groups in total. The molecule has 6 heteroatoms. The zero-order chi connectivity index (χ0) is 13.0. The van der Waals surface area contributed by atoms with Crippen LogP contribution in [0, 0.1) is 12.8 Å². The number of aryl methyl sites for hydroxylation is 1. The van der Waals surface area contributed by atoms with Gasteiger partial charge in [0.15, 0.2) is 0 Å². The summed E-state index contributed by atoms with van der Waals surface area (Å²) in [4.78, 5) is 4.41. The number of thiazole rings is 1. The number of hydrogen-bond acceptors (Lipinski definition) is 5. The highest BCUT2D eigenvalue weighted by atomic mass is 32.1. The molecule has 2 aromatic rings. The third kappa shape index (κ3) is 3.89. The molecule has 2 rings (SSSR count). The lowest BCUT2D eigenvalue weighted by molar-refractivity contribution is 0.548. The Morgan fingerprint density at radius 2 is 2.28 bits per heavy atom. The average molecular weight is 265 g/mol. The topological polar surface area (TPSA) is 55.6 Å². The van der Waals surface area contributed by atoms with E-state index in [1.165, 1.54) is 0 Å². The van der Waals surface area contributed by atoms with Gasteiger partial charge in [0.25, 0.3) is 0 Å². The van der Waals surface area contributed by atoms with E-state index in [1.54, 1.807) is 11.3 Å². The van der Waals surface area contributed by atoms with E-state index in [9.17, 15) is 0 Å². The summed E-state index contributed by atoms with van der Waals surface area (Å²) in [6, 6.07) is 0. The zero-order valence-corrected chi connectivity index (χ0v) is 11.9. The van der Waals surface area contributed by atoms with Crippen LogP contribution in [0.5, 0.6) is 0 Å². The third-order valence-electron chi connectivity index (χ3n) is 2.41. The molecule has 2 heterocycles. The number of aromatic nitrogens is 4. The van der Waals surface area contributed by atoms with E-state index in [2.05, 4.69) is 39.8 Å². The summed E-state index contributed by atoms with van der Waals surface area (Å²) < 4.78 is 1.84. The lowest BCUT2D eigenvalue weighted by atomic mass is 10.2. The fourth-order valence-electron chi connectivity index (χ4n) is 1.60. The second-order valence-corrected chi connectivity index (χ2v) is 5.76. The average Bonchev–Trinajstić information content (AvgIpc) is 2.89. The summed E-state index contributed by atoms with van der Waals surface area (Å²) >= 11 is 1.66. The molecule has 0 amide bonds. The Hall–Kier alpha value is -1.27. The first-order valence-corrected chi connectivity index (χ1v) is 7.02. The van der Waals surface area contributed by atoms with Crippen molar-refractivity contribution < 1.29 is 0 Å². The van der Waals surface area contributed by atoms with Crippen LogP contribution in [0.25, 0.3) is 0 Å². The van der Waals surface area contributed by atoms with E-state index in [0.717, 1.165) is 29.5 Å². The first kappa shape index (κ1) is 13.2. The van der Waals surface area contributed by atoms with Gasteiger partial charge in [-0.05, 0) is 19.4 Å². The molecule has 0 atom stereocenters. The van der Waals surface area contributed by atoms with Crippen LogP contribution in [-0.4, -0.2) is 26.5 Å². The Morgan fingerprint density at radius 3 is 2.94 bits per heavy atom. The molecule has 0 unspecified atom stereocenters. The SMILES string of the molecule is Cc1csc(Cn2cc(CNCC(C)C)nn2)n1. The quantitative estimate of drug-likeness (QED) is 0.866.